The normalized spacial score (nSPS) is 13.7. The fraction of sp³-hybridized carbons (Fsp3) is 0.167. The van der Waals surface area contributed by atoms with Crippen LogP contribution in [0.5, 0.6) is 11.6 Å². The van der Waals surface area contributed by atoms with Crippen molar-refractivity contribution >= 4 is 11.6 Å². The van der Waals surface area contributed by atoms with Gasteiger partial charge < -0.3 is 9.47 Å². The van der Waals surface area contributed by atoms with Crippen molar-refractivity contribution in [3.63, 3.8) is 0 Å². The molecule has 1 aromatic rings. The summed E-state index contributed by atoms with van der Waals surface area (Å²) in [5.74, 6) is 1.14. The van der Waals surface area contributed by atoms with E-state index >= 15 is 0 Å². The average Bonchev–Trinajstić information content (AvgIpc) is 2.33. The monoisotopic (exact) mass is 157 g/mol. The second-order valence-corrected chi connectivity index (χ2v) is 2.30. The highest BCUT2D eigenvalue weighted by Crippen LogP contribution is 2.30. The van der Waals surface area contributed by atoms with Crippen LogP contribution < -0.4 is 9.47 Å². The van der Waals surface area contributed by atoms with Crippen molar-refractivity contribution in [3.8, 4) is 11.6 Å². The van der Waals surface area contributed by atoms with Gasteiger partial charge in [-0.2, -0.15) is 0 Å². The molecule has 0 saturated carbocycles. The molecule has 1 aliphatic heterocycles. The second-order valence-electron chi connectivity index (χ2n) is 1.86. The molecular formula is C6H4ClNO2. The summed E-state index contributed by atoms with van der Waals surface area (Å²) in [4.78, 5) is 3.88. The Balaban J connectivity index is 2.52. The lowest BCUT2D eigenvalue weighted by Gasteiger charge is -1.92. The van der Waals surface area contributed by atoms with Gasteiger partial charge in [0.15, 0.2) is 5.75 Å². The first kappa shape index (κ1) is 5.80. The summed E-state index contributed by atoms with van der Waals surface area (Å²) in [6.45, 7) is 0.239. The van der Waals surface area contributed by atoms with Crippen molar-refractivity contribution in [2.24, 2.45) is 0 Å². The minimum atomic E-state index is 0.239. The Labute approximate surface area is 62.5 Å². The number of fused-ring (bicyclic) bond motifs is 1. The molecule has 4 heteroatoms. The summed E-state index contributed by atoms with van der Waals surface area (Å²) in [7, 11) is 0. The van der Waals surface area contributed by atoms with Gasteiger partial charge in [-0.05, 0) is 0 Å². The van der Waals surface area contributed by atoms with Gasteiger partial charge in [0.25, 0.3) is 5.88 Å². The van der Waals surface area contributed by atoms with E-state index in [2.05, 4.69) is 4.98 Å². The highest BCUT2D eigenvalue weighted by Gasteiger charge is 2.13. The van der Waals surface area contributed by atoms with E-state index in [4.69, 9.17) is 21.1 Å². The summed E-state index contributed by atoms with van der Waals surface area (Å²) < 4.78 is 9.97. The first-order valence-electron chi connectivity index (χ1n) is 2.77. The van der Waals surface area contributed by atoms with Gasteiger partial charge in [0.1, 0.15) is 0 Å². The molecule has 0 fully saturated rings. The predicted octanol–water partition coefficient (Wildman–Crippen LogP) is 1.46. The molecule has 52 valence electrons. The van der Waals surface area contributed by atoms with Crippen LogP contribution in [0.15, 0.2) is 12.3 Å². The Morgan fingerprint density at radius 1 is 1.50 bits per heavy atom. The second kappa shape index (κ2) is 2.02. The molecule has 1 aliphatic rings. The van der Waals surface area contributed by atoms with Gasteiger partial charge in [0, 0.05) is 12.3 Å². The van der Waals surface area contributed by atoms with E-state index in [1.54, 1.807) is 6.07 Å². The van der Waals surface area contributed by atoms with E-state index in [9.17, 15) is 0 Å². The topological polar surface area (TPSA) is 31.4 Å². The number of ether oxygens (including phenoxy) is 2. The molecule has 3 nitrogen and oxygen atoms in total. The van der Waals surface area contributed by atoms with E-state index in [0.29, 0.717) is 16.7 Å². The van der Waals surface area contributed by atoms with Gasteiger partial charge in [-0.15, -0.1) is 0 Å². The van der Waals surface area contributed by atoms with Crippen LogP contribution in [-0.4, -0.2) is 11.8 Å². The van der Waals surface area contributed by atoms with Crippen LogP contribution in [0.2, 0.25) is 5.02 Å². The Bertz CT molecular complexity index is 264. The molecule has 0 aromatic carbocycles. The number of pyridine rings is 1. The summed E-state index contributed by atoms with van der Waals surface area (Å²) >= 11 is 5.63. The first-order chi connectivity index (χ1) is 4.86. The van der Waals surface area contributed by atoms with Crippen LogP contribution >= 0.6 is 11.6 Å². The van der Waals surface area contributed by atoms with Gasteiger partial charge in [0.2, 0.25) is 6.79 Å². The summed E-state index contributed by atoms with van der Waals surface area (Å²) in [6.07, 6.45) is 1.52. The molecule has 0 N–H and O–H groups in total. The molecule has 2 heterocycles. The molecule has 10 heavy (non-hydrogen) atoms. The maximum absolute atomic E-state index is 5.63. The number of nitrogens with zero attached hydrogens (tertiary/aromatic N) is 1. The molecule has 0 bridgehead atoms. The van der Waals surface area contributed by atoms with Crippen LogP contribution in [0.25, 0.3) is 0 Å². The lowest BCUT2D eigenvalue weighted by molar-refractivity contribution is 0.171. The van der Waals surface area contributed by atoms with Crippen LogP contribution in [0.3, 0.4) is 0 Å². The Morgan fingerprint density at radius 3 is 3.30 bits per heavy atom. The van der Waals surface area contributed by atoms with Gasteiger partial charge in [-0.3, -0.25) is 0 Å². The van der Waals surface area contributed by atoms with Crippen molar-refractivity contribution < 1.29 is 9.47 Å². The molecule has 0 atom stereocenters. The smallest absolute Gasteiger partial charge is 0.260 e. The number of hydrogen-bond donors (Lipinski definition) is 0. The molecule has 0 unspecified atom stereocenters. The number of hydrogen-bond acceptors (Lipinski definition) is 3. The third-order valence-corrected chi connectivity index (χ3v) is 1.40. The third-order valence-electron chi connectivity index (χ3n) is 1.19. The maximum Gasteiger partial charge on any atom is 0.260 e. The zero-order chi connectivity index (χ0) is 6.97. The van der Waals surface area contributed by atoms with Crippen LogP contribution in [-0.2, 0) is 0 Å². The Morgan fingerprint density at radius 2 is 2.40 bits per heavy atom. The van der Waals surface area contributed by atoms with Crippen LogP contribution in [0.1, 0.15) is 0 Å². The summed E-state index contributed by atoms with van der Waals surface area (Å²) in [5.41, 5.74) is 0. The predicted molar refractivity (Wildman–Crippen MR) is 35.4 cm³/mol. The molecule has 0 saturated heterocycles. The highest BCUT2D eigenvalue weighted by molar-refractivity contribution is 6.30. The average molecular weight is 158 g/mol. The zero-order valence-corrected chi connectivity index (χ0v) is 5.76. The quantitative estimate of drug-likeness (QED) is 0.572. The van der Waals surface area contributed by atoms with Gasteiger partial charge >= 0.3 is 0 Å². The van der Waals surface area contributed by atoms with Crippen molar-refractivity contribution in [2.45, 2.75) is 0 Å². The highest BCUT2D eigenvalue weighted by atomic mass is 35.5. The fourth-order valence-corrected chi connectivity index (χ4v) is 0.917. The minimum Gasteiger partial charge on any atom is -0.452 e. The minimum absolute atomic E-state index is 0.239. The van der Waals surface area contributed by atoms with Crippen molar-refractivity contribution in [1.29, 1.82) is 0 Å². The Kier molecular flexibility index (Phi) is 1.17. The SMILES string of the molecule is Clc1cnc2c(c1)OCO2. The van der Waals surface area contributed by atoms with E-state index in [0.717, 1.165) is 0 Å². The van der Waals surface area contributed by atoms with Crippen molar-refractivity contribution in [1.82, 2.24) is 4.98 Å². The molecule has 0 amide bonds. The van der Waals surface area contributed by atoms with E-state index in [1.165, 1.54) is 6.20 Å². The Hall–Kier alpha value is -0.960. The van der Waals surface area contributed by atoms with E-state index in [1.807, 2.05) is 0 Å². The number of aromatic nitrogens is 1. The summed E-state index contributed by atoms with van der Waals surface area (Å²) in [6, 6.07) is 1.68. The lowest BCUT2D eigenvalue weighted by Crippen LogP contribution is -1.93. The van der Waals surface area contributed by atoms with E-state index in [-0.39, 0.29) is 6.79 Å². The molecule has 0 spiro atoms. The molecule has 0 radical (unpaired) electrons. The van der Waals surface area contributed by atoms with Gasteiger partial charge in [-0.25, -0.2) is 4.98 Å². The number of halogens is 1. The lowest BCUT2D eigenvalue weighted by atomic mass is 10.4. The van der Waals surface area contributed by atoms with Gasteiger partial charge in [-0.1, -0.05) is 11.6 Å². The zero-order valence-electron chi connectivity index (χ0n) is 5.00. The standard InChI is InChI=1S/C6H4ClNO2/c7-4-1-5-6(8-2-4)10-3-9-5/h1-2H,3H2. The molecular weight excluding hydrogens is 154 g/mol. The molecule has 1 aromatic heterocycles. The maximum atomic E-state index is 5.63. The van der Waals surface area contributed by atoms with Crippen LogP contribution in [0, 0.1) is 0 Å². The molecule has 2 rings (SSSR count). The van der Waals surface area contributed by atoms with Crippen molar-refractivity contribution in [2.75, 3.05) is 6.79 Å². The fourth-order valence-electron chi connectivity index (χ4n) is 0.769. The van der Waals surface area contributed by atoms with Crippen LogP contribution in [0.4, 0.5) is 0 Å². The molecule has 0 aliphatic carbocycles. The first-order valence-corrected chi connectivity index (χ1v) is 3.15. The van der Waals surface area contributed by atoms with E-state index < -0.39 is 0 Å². The number of rotatable bonds is 0. The largest absolute Gasteiger partial charge is 0.452 e. The third kappa shape index (κ3) is 0.789. The van der Waals surface area contributed by atoms with Crippen molar-refractivity contribution in [3.05, 3.63) is 17.3 Å². The summed E-state index contributed by atoms with van der Waals surface area (Å²) in [5, 5.41) is 0.559. The van der Waals surface area contributed by atoms with Gasteiger partial charge in [0.05, 0.1) is 5.02 Å².